The zero-order valence-corrected chi connectivity index (χ0v) is 10.6. The number of aromatic nitrogens is 1. The Morgan fingerprint density at radius 3 is 2.83 bits per heavy atom. The number of hydrogen-bond acceptors (Lipinski definition) is 2. The summed E-state index contributed by atoms with van der Waals surface area (Å²) in [6.07, 6.45) is 5.30. The highest BCUT2D eigenvalue weighted by atomic mass is 16.3. The predicted molar refractivity (Wildman–Crippen MR) is 71.5 cm³/mol. The summed E-state index contributed by atoms with van der Waals surface area (Å²) < 4.78 is 2.02. The molecule has 0 aliphatic rings. The van der Waals surface area contributed by atoms with Crippen molar-refractivity contribution in [3.8, 4) is 5.75 Å². The Morgan fingerprint density at radius 1 is 1.28 bits per heavy atom. The van der Waals surface area contributed by atoms with Gasteiger partial charge < -0.3 is 14.8 Å². The molecule has 1 unspecified atom stereocenters. The summed E-state index contributed by atoms with van der Waals surface area (Å²) in [7, 11) is 0. The van der Waals surface area contributed by atoms with E-state index < -0.39 is 0 Å². The Kier molecular flexibility index (Phi) is 4.05. The van der Waals surface area contributed by atoms with E-state index in [0.717, 1.165) is 24.0 Å². The molecule has 2 N–H and O–H groups in total. The minimum absolute atomic E-state index is 0.283. The van der Waals surface area contributed by atoms with Crippen LogP contribution in [0.3, 0.4) is 0 Å². The van der Waals surface area contributed by atoms with Gasteiger partial charge in [0.2, 0.25) is 0 Å². The van der Waals surface area contributed by atoms with Gasteiger partial charge in [0.1, 0.15) is 5.75 Å². The van der Waals surface area contributed by atoms with Gasteiger partial charge >= 0.3 is 0 Å². The number of benzene rings is 1. The summed E-state index contributed by atoms with van der Waals surface area (Å²) in [6, 6.07) is 9.17. The standard InChI is InChI=1S/C15H19NO2/c1-2-4-15(18)13-7-8-16(11-13)10-12-5-3-6-14(17)9-12/h3,5-9,11,15,17-18H,2,4,10H2,1H3. The monoisotopic (exact) mass is 245 g/mol. The molecule has 0 bridgehead atoms. The summed E-state index contributed by atoms with van der Waals surface area (Å²) in [6.45, 7) is 2.76. The molecule has 1 aromatic carbocycles. The van der Waals surface area contributed by atoms with Gasteiger partial charge in [-0.15, -0.1) is 0 Å². The lowest BCUT2D eigenvalue weighted by molar-refractivity contribution is 0.166. The van der Waals surface area contributed by atoms with Gasteiger partial charge in [0.15, 0.2) is 0 Å². The summed E-state index contributed by atoms with van der Waals surface area (Å²) in [5.41, 5.74) is 2.00. The van der Waals surface area contributed by atoms with Gasteiger partial charge in [-0.05, 0) is 35.7 Å². The molecule has 1 heterocycles. The first-order chi connectivity index (χ1) is 8.69. The largest absolute Gasteiger partial charge is 0.508 e. The van der Waals surface area contributed by atoms with Crippen molar-refractivity contribution in [3.05, 3.63) is 53.9 Å². The fourth-order valence-corrected chi connectivity index (χ4v) is 2.06. The first-order valence-electron chi connectivity index (χ1n) is 6.30. The molecule has 2 rings (SSSR count). The van der Waals surface area contributed by atoms with Crippen LogP contribution in [0, 0.1) is 0 Å². The van der Waals surface area contributed by atoms with Gasteiger partial charge in [-0.25, -0.2) is 0 Å². The lowest BCUT2D eigenvalue weighted by Crippen LogP contribution is -1.98. The number of rotatable bonds is 5. The average molecular weight is 245 g/mol. The van der Waals surface area contributed by atoms with E-state index >= 15 is 0 Å². The molecule has 18 heavy (non-hydrogen) atoms. The maximum atomic E-state index is 9.89. The summed E-state index contributed by atoms with van der Waals surface area (Å²) >= 11 is 0. The topological polar surface area (TPSA) is 45.4 Å². The molecule has 0 amide bonds. The second-order valence-electron chi connectivity index (χ2n) is 4.59. The molecule has 1 aromatic heterocycles. The first kappa shape index (κ1) is 12.7. The van der Waals surface area contributed by atoms with Crippen molar-refractivity contribution >= 4 is 0 Å². The van der Waals surface area contributed by atoms with E-state index in [1.165, 1.54) is 0 Å². The van der Waals surface area contributed by atoms with Crippen LogP contribution in [0.25, 0.3) is 0 Å². The van der Waals surface area contributed by atoms with Crippen molar-refractivity contribution in [3.63, 3.8) is 0 Å². The van der Waals surface area contributed by atoms with Crippen molar-refractivity contribution in [1.82, 2.24) is 4.57 Å². The van der Waals surface area contributed by atoms with Crippen molar-refractivity contribution in [2.75, 3.05) is 0 Å². The van der Waals surface area contributed by atoms with Crippen molar-refractivity contribution in [2.24, 2.45) is 0 Å². The van der Waals surface area contributed by atoms with Crippen LogP contribution < -0.4 is 0 Å². The van der Waals surface area contributed by atoms with Crippen LogP contribution in [0.1, 0.15) is 37.0 Å². The Bertz CT molecular complexity index is 505. The van der Waals surface area contributed by atoms with Crippen LogP contribution in [0.4, 0.5) is 0 Å². The van der Waals surface area contributed by atoms with E-state index in [4.69, 9.17) is 0 Å². The number of hydrogen-bond donors (Lipinski definition) is 2. The van der Waals surface area contributed by atoms with E-state index in [1.54, 1.807) is 12.1 Å². The zero-order chi connectivity index (χ0) is 13.0. The van der Waals surface area contributed by atoms with Gasteiger partial charge in [-0.3, -0.25) is 0 Å². The molecule has 0 fully saturated rings. The van der Waals surface area contributed by atoms with E-state index in [2.05, 4.69) is 6.92 Å². The van der Waals surface area contributed by atoms with E-state index in [0.29, 0.717) is 6.54 Å². The third kappa shape index (κ3) is 3.14. The Hall–Kier alpha value is -1.74. The number of phenols is 1. The maximum absolute atomic E-state index is 9.89. The Balaban J connectivity index is 2.06. The quantitative estimate of drug-likeness (QED) is 0.850. The van der Waals surface area contributed by atoms with Gasteiger partial charge in [0.25, 0.3) is 0 Å². The molecule has 3 heteroatoms. The summed E-state index contributed by atoms with van der Waals surface area (Å²) in [4.78, 5) is 0. The molecule has 2 aromatic rings. The average Bonchev–Trinajstić information content (AvgIpc) is 2.78. The molecule has 0 aliphatic carbocycles. The van der Waals surface area contributed by atoms with Crippen LogP contribution in [0.15, 0.2) is 42.7 Å². The maximum Gasteiger partial charge on any atom is 0.115 e. The highest BCUT2D eigenvalue weighted by molar-refractivity contribution is 5.27. The Labute approximate surface area is 107 Å². The van der Waals surface area contributed by atoms with Gasteiger partial charge in [-0.2, -0.15) is 0 Å². The van der Waals surface area contributed by atoms with Crippen LogP contribution in [0.5, 0.6) is 5.75 Å². The molecule has 0 saturated heterocycles. The van der Waals surface area contributed by atoms with Crippen LogP contribution in [-0.4, -0.2) is 14.8 Å². The highest BCUT2D eigenvalue weighted by Crippen LogP contribution is 2.19. The molecule has 1 atom stereocenters. The Morgan fingerprint density at radius 2 is 2.11 bits per heavy atom. The summed E-state index contributed by atoms with van der Waals surface area (Å²) in [5.74, 6) is 0.283. The molecule has 0 spiro atoms. The second-order valence-corrected chi connectivity index (χ2v) is 4.59. The van der Waals surface area contributed by atoms with E-state index in [-0.39, 0.29) is 11.9 Å². The smallest absolute Gasteiger partial charge is 0.115 e. The predicted octanol–water partition coefficient (Wildman–Crippen LogP) is 3.08. The third-order valence-electron chi connectivity index (χ3n) is 3.00. The zero-order valence-electron chi connectivity index (χ0n) is 10.6. The van der Waals surface area contributed by atoms with Crippen LogP contribution in [-0.2, 0) is 6.54 Å². The molecule has 0 aliphatic heterocycles. The number of aromatic hydroxyl groups is 1. The third-order valence-corrected chi connectivity index (χ3v) is 3.00. The van der Waals surface area contributed by atoms with Gasteiger partial charge in [0.05, 0.1) is 6.10 Å². The molecular weight excluding hydrogens is 226 g/mol. The lowest BCUT2D eigenvalue weighted by Gasteiger charge is -2.07. The molecular formula is C15H19NO2. The minimum Gasteiger partial charge on any atom is -0.508 e. The van der Waals surface area contributed by atoms with E-state index in [9.17, 15) is 10.2 Å². The van der Waals surface area contributed by atoms with Crippen molar-refractivity contribution in [2.45, 2.75) is 32.4 Å². The first-order valence-corrected chi connectivity index (χ1v) is 6.30. The fraction of sp³-hybridized carbons (Fsp3) is 0.333. The molecule has 0 radical (unpaired) electrons. The summed E-state index contributed by atoms with van der Waals surface area (Å²) in [5, 5.41) is 19.3. The minimum atomic E-state index is -0.375. The number of aliphatic hydroxyl groups is 1. The second kappa shape index (κ2) is 5.74. The van der Waals surface area contributed by atoms with Crippen molar-refractivity contribution in [1.29, 1.82) is 0 Å². The number of aliphatic hydroxyl groups excluding tert-OH is 1. The normalized spacial score (nSPS) is 12.6. The molecule has 0 saturated carbocycles. The molecule has 96 valence electrons. The highest BCUT2D eigenvalue weighted by Gasteiger charge is 2.07. The molecule has 3 nitrogen and oxygen atoms in total. The van der Waals surface area contributed by atoms with Gasteiger partial charge in [-0.1, -0.05) is 25.5 Å². The van der Waals surface area contributed by atoms with Crippen LogP contribution >= 0.6 is 0 Å². The fourth-order valence-electron chi connectivity index (χ4n) is 2.06. The van der Waals surface area contributed by atoms with Crippen molar-refractivity contribution < 1.29 is 10.2 Å². The number of phenolic OH excluding ortho intramolecular Hbond substituents is 1. The number of nitrogens with zero attached hydrogens (tertiary/aromatic N) is 1. The lowest BCUT2D eigenvalue weighted by atomic mass is 10.1. The van der Waals surface area contributed by atoms with Gasteiger partial charge in [0, 0.05) is 18.9 Å². The SMILES string of the molecule is CCCC(O)c1ccn(Cc2cccc(O)c2)c1. The van der Waals surface area contributed by atoms with Crippen LogP contribution in [0.2, 0.25) is 0 Å². The van der Waals surface area contributed by atoms with E-state index in [1.807, 2.05) is 35.2 Å².